The molecule has 0 spiro atoms. The monoisotopic (exact) mass is 519 g/mol. The summed E-state index contributed by atoms with van der Waals surface area (Å²) in [5.41, 5.74) is 1.05. The minimum Gasteiger partial charge on any atom is -0.454 e. The normalized spacial score (nSPS) is 19.6. The van der Waals surface area contributed by atoms with Crippen LogP contribution in [0.1, 0.15) is 31.1 Å². The van der Waals surface area contributed by atoms with E-state index >= 15 is 0 Å². The highest BCUT2D eigenvalue weighted by molar-refractivity contribution is 9.15. The molecule has 3 atom stereocenters. The highest BCUT2D eigenvalue weighted by atomic mass is 79.9. The number of carbonyl (C=O) groups is 1. The highest BCUT2D eigenvalue weighted by Crippen LogP contribution is 2.60. The second-order valence-corrected chi connectivity index (χ2v) is 9.61. The summed E-state index contributed by atoms with van der Waals surface area (Å²) < 4.78 is 26.4. The number of hydrogen-bond donors (Lipinski definition) is 0. The second kappa shape index (κ2) is 9.82. The van der Waals surface area contributed by atoms with E-state index in [1.165, 1.54) is 18.2 Å². The Balaban J connectivity index is 1.49. The molecule has 0 bridgehead atoms. The van der Waals surface area contributed by atoms with Gasteiger partial charge in [-0.05, 0) is 41.2 Å². The van der Waals surface area contributed by atoms with Crippen LogP contribution >= 0.6 is 15.9 Å². The van der Waals surface area contributed by atoms with Crippen LogP contribution in [0, 0.1) is 34.4 Å². The first kappa shape index (κ1) is 23.7. The molecular formula is C28H23BrFNO3. The van der Waals surface area contributed by atoms with Crippen LogP contribution in [0.25, 0.3) is 4.48 Å². The zero-order valence-electron chi connectivity index (χ0n) is 18.7. The standard InChI is InChI=1S/C28H23BrFNO3/c1-28(2)21(16-22(29)18-9-5-3-6-10-18)26(28)27(32)34-25(17-31)19-13-14-23(30)24(15-19)33-20-11-7-4-8-12-20/h3-16,21,25-26H,1-2H3/b22-16-. The van der Waals surface area contributed by atoms with Gasteiger partial charge < -0.3 is 9.47 Å². The number of nitriles is 1. The van der Waals surface area contributed by atoms with E-state index in [9.17, 15) is 14.4 Å². The summed E-state index contributed by atoms with van der Waals surface area (Å²) >= 11 is 3.61. The van der Waals surface area contributed by atoms with Crippen LogP contribution in [-0.4, -0.2) is 5.97 Å². The van der Waals surface area contributed by atoms with Crippen LogP contribution in [0.15, 0.2) is 84.9 Å². The average molecular weight is 520 g/mol. The first-order valence-electron chi connectivity index (χ1n) is 10.9. The van der Waals surface area contributed by atoms with Crippen molar-refractivity contribution in [3.63, 3.8) is 0 Å². The molecule has 34 heavy (non-hydrogen) atoms. The summed E-state index contributed by atoms with van der Waals surface area (Å²) in [4.78, 5) is 13.0. The molecule has 1 aliphatic rings. The second-order valence-electron chi connectivity index (χ2n) is 8.76. The quantitative estimate of drug-likeness (QED) is 0.304. The van der Waals surface area contributed by atoms with Crippen LogP contribution in [0.2, 0.25) is 0 Å². The number of para-hydroxylation sites is 1. The summed E-state index contributed by atoms with van der Waals surface area (Å²) in [6.45, 7) is 3.99. The van der Waals surface area contributed by atoms with Gasteiger partial charge in [0.15, 0.2) is 11.6 Å². The summed E-state index contributed by atoms with van der Waals surface area (Å²) in [6.07, 6.45) is 0.844. The van der Waals surface area contributed by atoms with E-state index in [0.29, 0.717) is 11.3 Å². The number of hydrogen-bond acceptors (Lipinski definition) is 4. The van der Waals surface area contributed by atoms with Gasteiger partial charge in [-0.1, -0.05) is 90.5 Å². The van der Waals surface area contributed by atoms with E-state index in [4.69, 9.17) is 9.47 Å². The molecule has 6 heteroatoms. The Labute approximate surface area is 206 Å². The third-order valence-corrected chi connectivity index (χ3v) is 6.84. The zero-order valence-corrected chi connectivity index (χ0v) is 20.3. The van der Waals surface area contributed by atoms with Gasteiger partial charge >= 0.3 is 5.97 Å². The highest BCUT2D eigenvalue weighted by Gasteiger charge is 2.62. The molecule has 1 aliphatic carbocycles. The molecule has 0 aliphatic heterocycles. The molecule has 0 saturated heterocycles. The van der Waals surface area contributed by atoms with Crippen LogP contribution in [0.3, 0.4) is 0 Å². The number of nitrogens with zero attached hydrogens (tertiary/aromatic N) is 1. The minimum absolute atomic E-state index is 0.0423. The number of allylic oxidation sites excluding steroid dienone is 1. The smallest absolute Gasteiger partial charge is 0.311 e. The molecule has 4 nitrogen and oxygen atoms in total. The van der Waals surface area contributed by atoms with E-state index in [1.54, 1.807) is 24.3 Å². The Morgan fingerprint density at radius 3 is 2.38 bits per heavy atom. The summed E-state index contributed by atoms with van der Waals surface area (Å²) in [5.74, 6) is -1.04. The molecular weight excluding hydrogens is 497 g/mol. The Kier molecular flexibility index (Phi) is 6.85. The molecule has 1 fully saturated rings. The molecule has 3 unspecified atom stereocenters. The first-order valence-corrected chi connectivity index (χ1v) is 11.7. The lowest BCUT2D eigenvalue weighted by Crippen LogP contribution is -2.14. The Bertz CT molecular complexity index is 1250. The fourth-order valence-corrected chi connectivity index (χ4v) is 4.57. The number of halogens is 2. The van der Waals surface area contributed by atoms with Crippen LogP contribution in [0.4, 0.5) is 4.39 Å². The van der Waals surface area contributed by atoms with Gasteiger partial charge in [-0.3, -0.25) is 4.79 Å². The minimum atomic E-state index is -1.18. The number of ether oxygens (including phenoxy) is 2. The van der Waals surface area contributed by atoms with Crippen molar-refractivity contribution in [1.29, 1.82) is 5.26 Å². The molecule has 3 aromatic carbocycles. The SMILES string of the molecule is CC1(C)C(/C=C(\Br)c2ccccc2)C1C(=O)OC(C#N)c1ccc(F)c(Oc2ccccc2)c1. The summed E-state index contributed by atoms with van der Waals surface area (Å²) in [7, 11) is 0. The van der Waals surface area contributed by atoms with Crippen molar-refractivity contribution in [2.75, 3.05) is 0 Å². The van der Waals surface area contributed by atoms with Gasteiger partial charge in [0.2, 0.25) is 6.10 Å². The summed E-state index contributed by atoms with van der Waals surface area (Å²) in [6, 6.07) is 24.6. The van der Waals surface area contributed by atoms with E-state index < -0.39 is 17.9 Å². The lowest BCUT2D eigenvalue weighted by atomic mass is 10.1. The van der Waals surface area contributed by atoms with E-state index in [1.807, 2.05) is 62.4 Å². The molecule has 172 valence electrons. The van der Waals surface area contributed by atoms with Gasteiger partial charge in [0.1, 0.15) is 11.8 Å². The van der Waals surface area contributed by atoms with Crippen molar-refractivity contribution < 1.29 is 18.7 Å². The molecule has 0 amide bonds. The predicted molar refractivity (Wildman–Crippen MR) is 131 cm³/mol. The van der Waals surface area contributed by atoms with Crippen molar-refractivity contribution in [3.05, 3.63) is 102 Å². The van der Waals surface area contributed by atoms with Gasteiger partial charge in [-0.2, -0.15) is 5.26 Å². The van der Waals surface area contributed by atoms with Crippen molar-refractivity contribution in [1.82, 2.24) is 0 Å². The molecule has 4 rings (SSSR count). The fourth-order valence-electron chi connectivity index (χ4n) is 4.03. The average Bonchev–Trinajstić information content (AvgIpc) is 3.39. The fraction of sp³-hybridized carbons (Fsp3) is 0.214. The lowest BCUT2D eigenvalue weighted by molar-refractivity contribution is -0.149. The number of esters is 1. The largest absolute Gasteiger partial charge is 0.454 e. The Morgan fingerprint density at radius 1 is 1.09 bits per heavy atom. The predicted octanol–water partition coefficient (Wildman–Crippen LogP) is 7.43. The number of carbonyl (C=O) groups excluding carboxylic acids is 1. The van der Waals surface area contributed by atoms with Crippen molar-refractivity contribution in [3.8, 4) is 17.6 Å². The Morgan fingerprint density at radius 2 is 1.74 bits per heavy atom. The van der Waals surface area contributed by atoms with Gasteiger partial charge in [0, 0.05) is 10.0 Å². The van der Waals surface area contributed by atoms with Crippen LogP contribution < -0.4 is 4.74 Å². The van der Waals surface area contributed by atoms with Crippen LogP contribution in [-0.2, 0) is 9.53 Å². The summed E-state index contributed by atoms with van der Waals surface area (Å²) in [5, 5.41) is 9.69. The van der Waals surface area contributed by atoms with E-state index in [2.05, 4.69) is 15.9 Å². The van der Waals surface area contributed by atoms with Gasteiger partial charge in [-0.15, -0.1) is 0 Å². The number of benzene rings is 3. The van der Waals surface area contributed by atoms with Crippen molar-refractivity contribution >= 4 is 26.4 Å². The molecule has 0 N–H and O–H groups in total. The molecule has 0 heterocycles. The van der Waals surface area contributed by atoms with Crippen molar-refractivity contribution in [2.45, 2.75) is 20.0 Å². The Hall–Kier alpha value is -3.43. The molecule has 0 aromatic heterocycles. The lowest BCUT2D eigenvalue weighted by Gasteiger charge is -2.14. The van der Waals surface area contributed by atoms with Crippen LogP contribution in [0.5, 0.6) is 11.5 Å². The number of rotatable bonds is 7. The van der Waals surface area contributed by atoms with E-state index in [-0.39, 0.29) is 23.0 Å². The maximum Gasteiger partial charge on any atom is 0.311 e. The first-order chi connectivity index (χ1) is 16.3. The molecule has 1 saturated carbocycles. The van der Waals surface area contributed by atoms with Gasteiger partial charge in [-0.25, -0.2) is 4.39 Å². The third-order valence-electron chi connectivity index (χ3n) is 6.12. The maximum atomic E-state index is 14.3. The van der Waals surface area contributed by atoms with E-state index in [0.717, 1.165) is 10.0 Å². The third kappa shape index (κ3) is 5.05. The zero-order chi connectivity index (χ0) is 24.3. The van der Waals surface area contributed by atoms with Gasteiger partial charge in [0.25, 0.3) is 0 Å². The molecule has 3 aromatic rings. The molecule has 0 radical (unpaired) electrons. The van der Waals surface area contributed by atoms with Gasteiger partial charge in [0.05, 0.1) is 5.92 Å². The maximum absolute atomic E-state index is 14.3. The van der Waals surface area contributed by atoms with Crippen molar-refractivity contribution in [2.24, 2.45) is 17.3 Å². The topological polar surface area (TPSA) is 59.3 Å².